The Bertz CT molecular complexity index is 1160. The summed E-state index contributed by atoms with van der Waals surface area (Å²) in [5.74, 6) is -2.95. The van der Waals surface area contributed by atoms with Gasteiger partial charge in [0.1, 0.15) is 12.0 Å². The number of thiazole rings is 1. The van der Waals surface area contributed by atoms with Crippen molar-refractivity contribution in [2.24, 2.45) is 0 Å². The molecule has 2 heterocycles. The van der Waals surface area contributed by atoms with Gasteiger partial charge in [-0.15, -0.1) is 11.3 Å². The Morgan fingerprint density at radius 2 is 2.06 bits per heavy atom. The Hall–Kier alpha value is -2.92. The standard InChI is InChI=1S/C22H24F3N5O2S/c1-21(2,32)18(23)10-27-20(31)14-9-26-19(6-16(14)29-13-7-22(24,25)8-13)30-12-3-4-15-17(5-12)33-11-28-15/h3-6,9,11,13,18,32H,7-8,10H2,1-2H3,(H,27,31)(H2,26,29,30)/t18-/m1/s1. The van der Waals surface area contributed by atoms with Crippen LogP contribution in [0.25, 0.3) is 10.2 Å². The Kier molecular flexibility index (Phi) is 6.19. The molecule has 0 radical (unpaired) electrons. The predicted molar refractivity (Wildman–Crippen MR) is 122 cm³/mol. The Morgan fingerprint density at radius 1 is 1.30 bits per heavy atom. The predicted octanol–water partition coefficient (Wildman–Crippen LogP) is 4.48. The lowest BCUT2D eigenvalue weighted by Gasteiger charge is -2.36. The van der Waals surface area contributed by atoms with E-state index in [2.05, 4.69) is 25.9 Å². The smallest absolute Gasteiger partial charge is 0.255 e. The molecule has 4 rings (SSSR count). The summed E-state index contributed by atoms with van der Waals surface area (Å²) in [4.78, 5) is 21.2. The summed E-state index contributed by atoms with van der Waals surface area (Å²) in [6.07, 6.45) is -1.06. The van der Waals surface area contributed by atoms with Gasteiger partial charge in [0, 0.05) is 36.8 Å². The minimum Gasteiger partial charge on any atom is -0.387 e. The number of aliphatic hydroxyl groups is 1. The summed E-state index contributed by atoms with van der Waals surface area (Å²) < 4.78 is 41.7. The zero-order valence-corrected chi connectivity index (χ0v) is 18.8. The maximum Gasteiger partial charge on any atom is 0.255 e. The zero-order valence-electron chi connectivity index (χ0n) is 18.0. The van der Waals surface area contributed by atoms with Crippen molar-refractivity contribution in [2.45, 2.75) is 50.4 Å². The highest BCUT2D eigenvalue weighted by Crippen LogP contribution is 2.39. The van der Waals surface area contributed by atoms with Gasteiger partial charge < -0.3 is 21.1 Å². The average molecular weight is 480 g/mol. The van der Waals surface area contributed by atoms with Crippen LogP contribution in [0.1, 0.15) is 37.0 Å². The molecular formula is C22H24F3N5O2S. The molecule has 0 spiro atoms. The van der Waals surface area contributed by atoms with Crippen molar-refractivity contribution in [3.8, 4) is 0 Å². The number of alkyl halides is 3. The Balaban J connectivity index is 1.54. The van der Waals surface area contributed by atoms with Crippen LogP contribution in [0, 0.1) is 0 Å². The zero-order chi connectivity index (χ0) is 23.8. The molecule has 0 aliphatic heterocycles. The Morgan fingerprint density at radius 3 is 2.76 bits per heavy atom. The SMILES string of the molecule is CC(C)(O)[C@H](F)CNC(=O)c1cnc(Nc2ccc3ncsc3c2)cc1NC1CC(F)(F)C1. The maximum atomic E-state index is 14.0. The van der Waals surface area contributed by atoms with E-state index in [1.807, 2.05) is 18.2 Å². The number of aromatic nitrogens is 2. The first-order valence-electron chi connectivity index (χ1n) is 10.4. The third-order valence-corrected chi connectivity index (χ3v) is 6.20. The lowest BCUT2D eigenvalue weighted by molar-refractivity contribution is -0.0793. The van der Waals surface area contributed by atoms with Crippen LogP contribution in [0.5, 0.6) is 0 Å². The molecule has 0 saturated heterocycles. The molecule has 7 nitrogen and oxygen atoms in total. The summed E-state index contributed by atoms with van der Waals surface area (Å²) in [6, 6.07) is 6.67. The van der Waals surface area contributed by atoms with Gasteiger partial charge in [-0.1, -0.05) is 0 Å². The van der Waals surface area contributed by atoms with Gasteiger partial charge in [-0.3, -0.25) is 4.79 Å². The van der Waals surface area contributed by atoms with E-state index in [9.17, 15) is 23.1 Å². The minimum absolute atomic E-state index is 0.0941. The fraction of sp³-hybridized carbons (Fsp3) is 0.409. The molecule has 11 heteroatoms. The van der Waals surface area contributed by atoms with Gasteiger partial charge in [0.15, 0.2) is 0 Å². The van der Waals surface area contributed by atoms with Crippen molar-refractivity contribution >= 4 is 44.7 Å². The van der Waals surface area contributed by atoms with Crippen LogP contribution in [0.2, 0.25) is 0 Å². The maximum absolute atomic E-state index is 14.0. The summed E-state index contributed by atoms with van der Waals surface area (Å²) in [6.45, 7) is 2.20. The second-order valence-corrected chi connectivity index (χ2v) is 9.60. The molecule has 33 heavy (non-hydrogen) atoms. The van der Waals surface area contributed by atoms with Crippen LogP contribution in [0.15, 0.2) is 36.0 Å². The largest absolute Gasteiger partial charge is 0.387 e. The molecular weight excluding hydrogens is 455 g/mol. The number of anilines is 3. The summed E-state index contributed by atoms with van der Waals surface area (Å²) in [5.41, 5.74) is 2.16. The van der Waals surface area contributed by atoms with Crippen LogP contribution in [0.4, 0.5) is 30.4 Å². The van der Waals surface area contributed by atoms with E-state index in [0.717, 1.165) is 15.9 Å². The number of pyridine rings is 1. The third-order valence-electron chi connectivity index (χ3n) is 5.41. The van der Waals surface area contributed by atoms with Gasteiger partial charge in [0.25, 0.3) is 11.8 Å². The molecule has 1 aromatic carbocycles. The molecule has 1 saturated carbocycles. The normalized spacial score (nSPS) is 16.8. The van der Waals surface area contributed by atoms with Gasteiger partial charge >= 0.3 is 0 Å². The highest BCUT2D eigenvalue weighted by Gasteiger charge is 2.45. The van der Waals surface area contributed by atoms with E-state index in [4.69, 9.17) is 0 Å². The van der Waals surface area contributed by atoms with Crippen LogP contribution < -0.4 is 16.0 Å². The molecule has 2 aromatic heterocycles. The van der Waals surface area contributed by atoms with E-state index < -0.39 is 36.2 Å². The minimum atomic E-state index is -2.73. The van der Waals surface area contributed by atoms with E-state index >= 15 is 0 Å². The topological polar surface area (TPSA) is 99.2 Å². The number of fused-ring (bicyclic) bond motifs is 1. The number of carbonyl (C=O) groups excluding carboxylic acids is 1. The van der Waals surface area contributed by atoms with Crippen molar-refractivity contribution < 1.29 is 23.1 Å². The number of halogens is 3. The number of rotatable bonds is 8. The number of hydrogen-bond acceptors (Lipinski definition) is 7. The first-order valence-corrected chi connectivity index (χ1v) is 11.3. The number of benzene rings is 1. The molecule has 3 aromatic rings. The highest BCUT2D eigenvalue weighted by molar-refractivity contribution is 7.16. The lowest BCUT2D eigenvalue weighted by atomic mass is 9.88. The van der Waals surface area contributed by atoms with Crippen molar-refractivity contribution in [3.63, 3.8) is 0 Å². The molecule has 1 fully saturated rings. The lowest BCUT2D eigenvalue weighted by Crippen LogP contribution is -2.45. The van der Waals surface area contributed by atoms with Crippen LogP contribution in [-0.2, 0) is 0 Å². The number of nitrogens with zero attached hydrogens (tertiary/aromatic N) is 2. The fourth-order valence-corrected chi connectivity index (χ4v) is 4.13. The van der Waals surface area contributed by atoms with Crippen molar-refractivity contribution in [3.05, 3.63) is 41.5 Å². The number of carbonyl (C=O) groups is 1. The summed E-state index contributed by atoms with van der Waals surface area (Å²) >= 11 is 1.49. The van der Waals surface area contributed by atoms with E-state index in [1.165, 1.54) is 31.4 Å². The number of amides is 1. The Labute approximate surface area is 192 Å². The van der Waals surface area contributed by atoms with E-state index in [-0.39, 0.29) is 18.4 Å². The number of hydrogen-bond donors (Lipinski definition) is 4. The van der Waals surface area contributed by atoms with Gasteiger partial charge in [0.05, 0.1) is 39.1 Å². The van der Waals surface area contributed by atoms with Gasteiger partial charge in [-0.25, -0.2) is 23.1 Å². The van der Waals surface area contributed by atoms with Gasteiger partial charge in [-0.2, -0.15) is 0 Å². The van der Waals surface area contributed by atoms with Gasteiger partial charge in [0.2, 0.25) is 0 Å². The van der Waals surface area contributed by atoms with E-state index in [1.54, 1.807) is 11.6 Å². The molecule has 176 valence electrons. The molecule has 1 aliphatic carbocycles. The number of nitrogens with one attached hydrogen (secondary N) is 3. The monoisotopic (exact) mass is 479 g/mol. The van der Waals surface area contributed by atoms with Crippen LogP contribution >= 0.6 is 11.3 Å². The molecule has 4 N–H and O–H groups in total. The quantitative estimate of drug-likeness (QED) is 0.380. The first kappa shape index (κ1) is 23.2. The van der Waals surface area contributed by atoms with E-state index in [0.29, 0.717) is 11.5 Å². The molecule has 0 unspecified atom stereocenters. The average Bonchev–Trinajstić information content (AvgIpc) is 3.18. The van der Waals surface area contributed by atoms with Crippen LogP contribution in [-0.4, -0.2) is 51.3 Å². The second kappa shape index (κ2) is 8.79. The fourth-order valence-electron chi connectivity index (χ4n) is 3.42. The third kappa shape index (κ3) is 5.53. The molecule has 1 atom stereocenters. The highest BCUT2D eigenvalue weighted by atomic mass is 32.1. The molecule has 1 amide bonds. The van der Waals surface area contributed by atoms with Crippen molar-refractivity contribution in [1.82, 2.24) is 15.3 Å². The first-order chi connectivity index (χ1) is 15.5. The van der Waals surface area contributed by atoms with Crippen molar-refractivity contribution in [1.29, 1.82) is 0 Å². The van der Waals surface area contributed by atoms with Crippen molar-refractivity contribution in [2.75, 3.05) is 17.2 Å². The second-order valence-electron chi connectivity index (χ2n) is 8.71. The summed E-state index contributed by atoms with van der Waals surface area (Å²) in [7, 11) is 0. The molecule has 0 bridgehead atoms. The van der Waals surface area contributed by atoms with Gasteiger partial charge in [-0.05, 0) is 32.0 Å². The molecule has 1 aliphatic rings. The van der Waals surface area contributed by atoms with Crippen LogP contribution in [0.3, 0.4) is 0 Å². The summed E-state index contributed by atoms with van der Waals surface area (Å²) in [5, 5.41) is 18.3.